The van der Waals surface area contributed by atoms with Gasteiger partial charge in [-0.1, -0.05) is 24.3 Å². The monoisotopic (exact) mass is 375 g/mol. The lowest BCUT2D eigenvalue weighted by molar-refractivity contribution is -0.117. The predicted molar refractivity (Wildman–Crippen MR) is 107 cm³/mol. The number of hydrogen-bond acceptors (Lipinski definition) is 4. The van der Waals surface area contributed by atoms with Crippen LogP contribution in [0.2, 0.25) is 0 Å². The zero-order chi connectivity index (χ0) is 19.5. The lowest BCUT2D eigenvalue weighted by atomic mass is 10.1. The molecule has 1 heterocycles. The largest absolute Gasteiger partial charge is 0.444 e. The van der Waals surface area contributed by atoms with E-state index in [2.05, 4.69) is 15.6 Å². The molecule has 0 radical (unpaired) electrons. The van der Waals surface area contributed by atoms with Crippen molar-refractivity contribution < 1.29 is 14.0 Å². The molecule has 0 atom stereocenters. The molecule has 28 heavy (non-hydrogen) atoms. The zero-order valence-corrected chi connectivity index (χ0v) is 15.6. The summed E-state index contributed by atoms with van der Waals surface area (Å²) in [6.07, 6.45) is 3.50. The van der Waals surface area contributed by atoms with E-state index >= 15 is 0 Å². The molecule has 142 valence electrons. The van der Waals surface area contributed by atoms with Crippen LogP contribution in [0, 0.1) is 12.8 Å². The van der Waals surface area contributed by atoms with Gasteiger partial charge in [-0.2, -0.15) is 0 Å². The van der Waals surface area contributed by atoms with Crippen molar-refractivity contribution in [3.8, 4) is 11.5 Å². The highest BCUT2D eigenvalue weighted by atomic mass is 16.3. The summed E-state index contributed by atoms with van der Waals surface area (Å²) >= 11 is 0. The van der Waals surface area contributed by atoms with Crippen LogP contribution in [-0.2, 0) is 16.0 Å². The molecule has 4 rings (SSSR count). The van der Waals surface area contributed by atoms with Gasteiger partial charge in [-0.3, -0.25) is 9.59 Å². The summed E-state index contributed by atoms with van der Waals surface area (Å²) in [5.41, 5.74) is 3.70. The number of aryl methyl sites for hydroxylation is 1. The lowest BCUT2D eigenvalue weighted by Crippen LogP contribution is -2.17. The molecule has 0 bridgehead atoms. The molecule has 0 aliphatic heterocycles. The molecule has 0 unspecified atom stereocenters. The fraction of sp³-hybridized carbons (Fsp3) is 0.227. The van der Waals surface area contributed by atoms with Crippen molar-refractivity contribution in [3.63, 3.8) is 0 Å². The molecule has 0 saturated heterocycles. The smallest absolute Gasteiger partial charge is 0.230 e. The maximum atomic E-state index is 12.5. The van der Waals surface area contributed by atoms with Gasteiger partial charge in [0.15, 0.2) is 0 Å². The first-order valence-electron chi connectivity index (χ1n) is 9.29. The highest BCUT2D eigenvalue weighted by molar-refractivity contribution is 5.96. The van der Waals surface area contributed by atoms with Crippen molar-refractivity contribution in [2.75, 3.05) is 10.6 Å². The van der Waals surface area contributed by atoms with Crippen LogP contribution < -0.4 is 10.6 Å². The van der Waals surface area contributed by atoms with Crippen molar-refractivity contribution in [2.24, 2.45) is 5.92 Å². The van der Waals surface area contributed by atoms with Gasteiger partial charge in [-0.25, -0.2) is 4.98 Å². The summed E-state index contributed by atoms with van der Waals surface area (Å²) in [7, 11) is 0. The van der Waals surface area contributed by atoms with Crippen LogP contribution >= 0.6 is 0 Å². The Hall–Kier alpha value is -3.41. The molecule has 6 heteroatoms. The van der Waals surface area contributed by atoms with Gasteiger partial charge in [0.05, 0.1) is 12.1 Å². The molecule has 0 spiro atoms. The molecule has 3 aromatic rings. The molecule has 1 aromatic heterocycles. The van der Waals surface area contributed by atoms with Crippen LogP contribution in [0.4, 0.5) is 11.4 Å². The van der Waals surface area contributed by atoms with E-state index in [4.69, 9.17) is 4.42 Å². The van der Waals surface area contributed by atoms with Gasteiger partial charge in [0.2, 0.25) is 17.7 Å². The first kappa shape index (κ1) is 18.0. The van der Waals surface area contributed by atoms with E-state index in [1.807, 2.05) is 49.4 Å². The number of rotatable bonds is 6. The quantitative estimate of drug-likeness (QED) is 0.677. The number of carbonyl (C=O) groups excluding carboxylic acids is 2. The summed E-state index contributed by atoms with van der Waals surface area (Å²) in [5, 5.41) is 5.79. The Labute approximate surface area is 163 Å². The Morgan fingerprint density at radius 3 is 2.64 bits per heavy atom. The molecular weight excluding hydrogens is 354 g/mol. The third-order valence-corrected chi connectivity index (χ3v) is 4.64. The maximum Gasteiger partial charge on any atom is 0.230 e. The SMILES string of the molecule is Cc1ccc(NC(=O)C2CC2)cc1NC(=O)Cc1coc(-c2ccccc2)n1. The van der Waals surface area contributed by atoms with Gasteiger partial charge >= 0.3 is 0 Å². The first-order chi connectivity index (χ1) is 13.6. The number of nitrogens with one attached hydrogen (secondary N) is 2. The summed E-state index contributed by atoms with van der Waals surface area (Å²) in [5.74, 6) is 0.466. The van der Waals surface area contributed by atoms with Crippen LogP contribution in [-0.4, -0.2) is 16.8 Å². The lowest BCUT2D eigenvalue weighted by Gasteiger charge is -2.11. The Kier molecular flexibility index (Phi) is 4.93. The number of hydrogen-bond donors (Lipinski definition) is 2. The average molecular weight is 375 g/mol. The van der Waals surface area contributed by atoms with E-state index in [0.717, 1.165) is 24.0 Å². The Morgan fingerprint density at radius 2 is 1.89 bits per heavy atom. The van der Waals surface area contributed by atoms with Crippen molar-refractivity contribution in [1.29, 1.82) is 0 Å². The van der Waals surface area contributed by atoms with E-state index in [9.17, 15) is 9.59 Å². The fourth-order valence-electron chi connectivity index (χ4n) is 2.88. The fourth-order valence-corrected chi connectivity index (χ4v) is 2.88. The Morgan fingerprint density at radius 1 is 1.11 bits per heavy atom. The van der Waals surface area contributed by atoms with E-state index in [-0.39, 0.29) is 24.2 Å². The van der Waals surface area contributed by atoms with E-state index in [1.54, 1.807) is 6.07 Å². The number of anilines is 2. The molecule has 2 N–H and O–H groups in total. The average Bonchev–Trinajstić information content (AvgIpc) is 3.45. The van der Waals surface area contributed by atoms with Gasteiger partial charge < -0.3 is 15.1 Å². The number of aromatic nitrogens is 1. The molecule has 1 fully saturated rings. The second-order valence-corrected chi connectivity index (χ2v) is 7.03. The van der Waals surface area contributed by atoms with Gasteiger partial charge in [0, 0.05) is 22.9 Å². The summed E-state index contributed by atoms with van der Waals surface area (Å²) in [6.45, 7) is 1.91. The minimum atomic E-state index is -0.193. The van der Waals surface area contributed by atoms with Crippen molar-refractivity contribution in [3.05, 3.63) is 66.1 Å². The molecule has 1 aliphatic carbocycles. The van der Waals surface area contributed by atoms with E-state index in [0.29, 0.717) is 23.0 Å². The second-order valence-electron chi connectivity index (χ2n) is 7.03. The van der Waals surface area contributed by atoms with Crippen molar-refractivity contribution in [1.82, 2.24) is 4.98 Å². The number of amides is 2. The normalized spacial score (nSPS) is 13.2. The molecular formula is C22H21N3O3. The van der Waals surface area contributed by atoms with Crippen LogP contribution in [0.15, 0.2) is 59.2 Å². The van der Waals surface area contributed by atoms with Gasteiger partial charge in [-0.15, -0.1) is 0 Å². The van der Waals surface area contributed by atoms with Gasteiger partial charge in [0.25, 0.3) is 0 Å². The van der Waals surface area contributed by atoms with Gasteiger partial charge in [-0.05, 0) is 49.6 Å². The Bertz CT molecular complexity index is 1010. The zero-order valence-electron chi connectivity index (χ0n) is 15.6. The van der Waals surface area contributed by atoms with E-state index < -0.39 is 0 Å². The molecule has 1 aliphatic rings. The van der Waals surface area contributed by atoms with Crippen LogP contribution in [0.3, 0.4) is 0 Å². The first-order valence-corrected chi connectivity index (χ1v) is 9.29. The highest BCUT2D eigenvalue weighted by Crippen LogP contribution is 2.31. The van der Waals surface area contributed by atoms with Crippen molar-refractivity contribution in [2.45, 2.75) is 26.2 Å². The van der Waals surface area contributed by atoms with Crippen LogP contribution in [0.1, 0.15) is 24.1 Å². The number of oxazole rings is 1. The van der Waals surface area contributed by atoms with Crippen molar-refractivity contribution >= 4 is 23.2 Å². The summed E-state index contributed by atoms with van der Waals surface area (Å²) < 4.78 is 5.48. The molecule has 6 nitrogen and oxygen atoms in total. The number of benzene rings is 2. The number of carbonyl (C=O) groups is 2. The maximum absolute atomic E-state index is 12.5. The highest BCUT2D eigenvalue weighted by Gasteiger charge is 2.29. The number of nitrogens with zero attached hydrogens (tertiary/aromatic N) is 1. The Balaban J connectivity index is 1.41. The third kappa shape index (κ3) is 4.28. The molecule has 2 amide bonds. The molecule has 2 aromatic carbocycles. The van der Waals surface area contributed by atoms with Crippen LogP contribution in [0.5, 0.6) is 0 Å². The third-order valence-electron chi connectivity index (χ3n) is 4.64. The second kappa shape index (κ2) is 7.68. The van der Waals surface area contributed by atoms with Crippen LogP contribution in [0.25, 0.3) is 11.5 Å². The van der Waals surface area contributed by atoms with Gasteiger partial charge in [0.1, 0.15) is 6.26 Å². The summed E-state index contributed by atoms with van der Waals surface area (Å²) in [6, 6.07) is 15.0. The minimum absolute atomic E-state index is 0.0390. The summed E-state index contributed by atoms with van der Waals surface area (Å²) in [4.78, 5) is 28.8. The standard InChI is InChI=1S/C22H21N3O3/c1-14-7-10-17(23-21(27)15-8-9-15)11-19(14)25-20(26)12-18-13-28-22(24-18)16-5-3-2-4-6-16/h2-7,10-11,13,15H,8-9,12H2,1H3,(H,23,27)(H,25,26). The predicted octanol–water partition coefficient (Wildman–Crippen LogP) is 4.18. The molecule has 1 saturated carbocycles. The topological polar surface area (TPSA) is 84.2 Å². The minimum Gasteiger partial charge on any atom is -0.444 e. The van der Waals surface area contributed by atoms with E-state index in [1.165, 1.54) is 6.26 Å².